The molecule has 152 valence electrons. The van der Waals surface area contributed by atoms with Crippen molar-refractivity contribution >= 4 is 36.0 Å². The Morgan fingerprint density at radius 2 is 1.85 bits per heavy atom. The Bertz CT molecular complexity index is 652. The van der Waals surface area contributed by atoms with Crippen LogP contribution in [0.2, 0.25) is 0 Å². The molecule has 1 saturated heterocycles. The number of rotatable bonds is 4. The number of hydrogen-bond acceptors (Lipinski definition) is 3. The molecule has 1 atom stereocenters. The van der Waals surface area contributed by atoms with Crippen LogP contribution in [0.15, 0.2) is 23.2 Å². The van der Waals surface area contributed by atoms with Crippen LogP contribution in [0.25, 0.3) is 0 Å². The molecular weight excluding hydrogens is 469 g/mol. The van der Waals surface area contributed by atoms with Crippen LogP contribution < -0.4 is 5.32 Å². The number of nitrogens with zero attached hydrogens (tertiary/aromatic N) is 3. The summed E-state index contributed by atoms with van der Waals surface area (Å²) in [5.41, 5.74) is 0.721. The van der Waals surface area contributed by atoms with Gasteiger partial charge in [-0.25, -0.2) is 13.6 Å². The molecule has 0 saturated carbocycles. The molecule has 1 unspecified atom stereocenters. The fourth-order valence-corrected chi connectivity index (χ4v) is 2.83. The molecule has 1 N–H and O–H groups in total. The molecule has 1 heterocycles. The van der Waals surface area contributed by atoms with Gasteiger partial charge in [0.05, 0.1) is 6.61 Å². The topological polar surface area (TPSA) is 57.2 Å². The second kappa shape index (κ2) is 11.3. The van der Waals surface area contributed by atoms with E-state index in [-0.39, 0.29) is 36.0 Å². The third-order valence-corrected chi connectivity index (χ3v) is 4.40. The van der Waals surface area contributed by atoms with Crippen LogP contribution in [0.3, 0.4) is 0 Å². The van der Waals surface area contributed by atoms with E-state index in [1.165, 1.54) is 6.07 Å². The number of aliphatic imine (C=N–C) groups is 1. The van der Waals surface area contributed by atoms with E-state index in [2.05, 4.69) is 15.2 Å². The molecule has 1 aliphatic rings. The second-order valence-electron chi connectivity index (χ2n) is 6.18. The summed E-state index contributed by atoms with van der Waals surface area (Å²) >= 11 is 0. The fraction of sp³-hybridized carbons (Fsp3) is 0.556. The predicted molar refractivity (Wildman–Crippen MR) is 112 cm³/mol. The summed E-state index contributed by atoms with van der Waals surface area (Å²) in [5.74, 6) is -0.969. The monoisotopic (exact) mass is 496 g/mol. The minimum Gasteiger partial charge on any atom is -0.450 e. The van der Waals surface area contributed by atoms with E-state index in [9.17, 15) is 13.6 Å². The number of carbonyl (C=O) groups is 1. The zero-order valence-corrected chi connectivity index (χ0v) is 18.2. The van der Waals surface area contributed by atoms with E-state index in [1.807, 2.05) is 6.92 Å². The molecule has 6 nitrogen and oxygen atoms in total. The average Bonchev–Trinajstić information content (AvgIpc) is 2.65. The third kappa shape index (κ3) is 6.47. The van der Waals surface area contributed by atoms with Gasteiger partial charge in [-0.3, -0.25) is 4.99 Å². The lowest BCUT2D eigenvalue weighted by atomic mass is 10.0. The highest BCUT2D eigenvalue weighted by Crippen LogP contribution is 2.17. The zero-order chi connectivity index (χ0) is 19.1. The third-order valence-electron chi connectivity index (χ3n) is 4.40. The van der Waals surface area contributed by atoms with Crippen molar-refractivity contribution < 1.29 is 18.3 Å². The predicted octanol–water partition coefficient (Wildman–Crippen LogP) is 3.04. The molecule has 0 aromatic heterocycles. The summed E-state index contributed by atoms with van der Waals surface area (Å²) in [6.45, 7) is 7.06. The quantitative estimate of drug-likeness (QED) is 0.396. The SMILES string of the molecule is CCOC(=O)N1CCN(C(=NC)NCC(C)c2ccc(F)c(F)c2)CC1.I. The highest BCUT2D eigenvalue weighted by molar-refractivity contribution is 14.0. The Hall–Kier alpha value is -1.65. The molecule has 1 amide bonds. The van der Waals surface area contributed by atoms with Crippen molar-refractivity contribution in [3.63, 3.8) is 0 Å². The summed E-state index contributed by atoms with van der Waals surface area (Å²) < 4.78 is 31.5. The molecule has 27 heavy (non-hydrogen) atoms. The van der Waals surface area contributed by atoms with Crippen LogP contribution >= 0.6 is 24.0 Å². The lowest BCUT2D eigenvalue weighted by Gasteiger charge is -2.36. The second-order valence-corrected chi connectivity index (χ2v) is 6.18. The fourth-order valence-electron chi connectivity index (χ4n) is 2.83. The number of ether oxygens (including phenoxy) is 1. The number of carbonyl (C=O) groups excluding carboxylic acids is 1. The van der Waals surface area contributed by atoms with Crippen molar-refractivity contribution in [3.05, 3.63) is 35.4 Å². The minimum absolute atomic E-state index is 0. The number of piperazine rings is 1. The van der Waals surface area contributed by atoms with Crippen LogP contribution in [0.5, 0.6) is 0 Å². The Labute approximate surface area is 176 Å². The molecule has 0 bridgehead atoms. The first kappa shape index (κ1) is 23.4. The van der Waals surface area contributed by atoms with Crippen LogP contribution in [0, 0.1) is 11.6 Å². The van der Waals surface area contributed by atoms with Crippen molar-refractivity contribution in [2.24, 2.45) is 4.99 Å². The van der Waals surface area contributed by atoms with E-state index in [0.29, 0.717) is 39.3 Å². The molecular formula is C18H27F2IN4O2. The summed E-state index contributed by atoms with van der Waals surface area (Å²) in [5, 5.41) is 3.27. The van der Waals surface area contributed by atoms with Gasteiger partial charge in [-0.05, 0) is 30.5 Å². The summed E-state index contributed by atoms with van der Waals surface area (Å²) in [6.07, 6.45) is -0.290. The maximum absolute atomic E-state index is 13.4. The molecule has 2 rings (SSSR count). The van der Waals surface area contributed by atoms with Crippen molar-refractivity contribution in [1.82, 2.24) is 15.1 Å². The average molecular weight is 496 g/mol. The number of halogens is 3. The Morgan fingerprint density at radius 1 is 1.22 bits per heavy atom. The standard InChI is InChI=1S/C18H26F2N4O2.HI/c1-4-26-18(25)24-9-7-23(8-10-24)17(21-3)22-12-13(2)14-5-6-15(19)16(20)11-14;/h5-6,11,13H,4,7-10,12H2,1-3H3,(H,21,22);1H. The molecule has 1 aromatic rings. The molecule has 1 fully saturated rings. The van der Waals surface area contributed by atoms with Crippen LogP contribution in [0.4, 0.5) is 13.6 Å². The highest BCUT2D eigenvalue weighted by Gasteiger charge is 2.24. The summed E-state index contributed by atoms with van der Waals surface area (Å²) in [7, 11) is 1.70. The van der Waals surface area contributed by atoms with Gasteiger partial charge in [-0.1, -0.05) is 13.0 Å². The van der Waals surface area contributed by atoms with Crippen LogP contribution in [0.1, 0.15) is 25.3 Å². The van der Waals surface area contributed by atoms with E-state index < -0.39 is 11.6 Å². The van der Waals surface area contributed by atoms with Gasteiger partial charge in [0.15, 0.2) is 17.6 Å². The number of nitrogens with one attached hydrogen (secondary N) is 1. The Kier molecular flexibility index (Phi) is 9.75. The zero-order valence-electron chi connectivity index (χ0n) is 15.9. The lowest BCUT2D eigenvalue weighted by molar-refractivity contribution is 0.0914. The number of guanidine groups is 1. The number of benzene rings is 1. The molecule has 0 aliphatic carbocycles. The van der Waals surface area contributed by atoms with Crippen molar-refractivity contribution in [3.8, 4) is 0 Å². The molecule has 0 radical (unpaired) electrons. The van der Waals surface area contributed by atoms with Gasteiger partial charge in [0, 0.05) is 39.8 Å². The largest absolute Gasteiger partial charge is 0.450 e. The molecule has 1 aliphatic heterocycles. The summed E-state index contributed by atoms with van der Waals surface area (Å²) in [4.78, 5) is 19.8. The first-order valence-electron chi connectivity index (χ1n) is 8.78. The highest BCUT2D eigenvalue weighted by atomic mass is 127. The van der Waals surface area contributed by atoms with Gasteiger partial charge in [0.25, 0.3) is 0 Å². The van der Waals surface area contributed by atoms with Gasteiger partial charge in [0.1, 0.15) is 0 Å². The number of amides is 1. The van der Waals surface area contributed by atoms with Gasteiger partial charge >= 0.3 is 6.09 Å². The first-order valence-corrected chi connectivity index (χ1v) is 8.78. The Morgan fingerprint density at radius 3 is 2.41 bits per heavy atom. The normalized spacial score (nSPS) is 15.8. The van der Waals surface area contributed by atoms with Crippen LogP contribution in [-0.4, -0.2) is 68.2 Å². The van der Waals surface area contributed by atoms with E-state index in [1.54, 1.807) is 24.9 Å². The molecule has 1 aromatic carbocycles. The van der Waals surface area contributed by atoms with Gasteiger partial charge < -0.3 is 19.9 Å². The van der Waals surface area contributed by atoms with E-state index in [0.717, 1.165) is 17.6 Å². The molecule has 9 heteroatoms. The lowest BCUT2D eigenvalue weighted by Crippen LogP contribution is -2.54. The van der Waals surface area contributed by atoms with Crippen LogP contribution in [-0.2, 0) is 4.74 Å². The van der Waals surface area contributed by atoms with Crippen molar-refractivity contribution in [1.29, 1.82) is 0 Å². The van der Waals surface area contributed by atoms with E-state index in [4.69, 9.17) is 4.74 Å². The summed E-state index contributed by atoms with van der Waals surface area (Å²) in [6, 6.07) is 3.96. The van der Waals surface area contributed by atoms with Gasteiger partial charge in [-0.15, -0.1) is 24.0 Å². The maximum Gasteiger partial charge on any atom is 0.409 e. The van der Waals surface area contributed by atoms with Gasteiger partial charge in [-0.2, -0.15) is 0 Å². The number of hydrogen-bond donors (Lipinski definition) is 1. The van der Waals surface area contributed by atoms with Crippen molar-refractivity contribution in [2.75, 3.05) is 46.4 Å². The van der Waals surface area contributed by atoms with Gasteiger partial charge in [0.2, 0.25) is 0 Å². The molecule has 0 spiro atoms. The first-order chi connectivity index (χ1) is 12.5. The van der Waals surface area contributed by atoms with E-state index >= 15 is 0 Å². The maximum atomic E-state index is 13.4. The minimum atomic E-state index is -0.843. The van der Waals surface area contributed by atoms with Crippen molar-refractivity contribution in [2.45, 2.75) is 19.8 Å². The smallest absolute Gasteiger partial charge is 0.409 e. The Balaban J connectivity index is 0.00000364.